The first kappa shape index (κ1) is 73.6. The molecule has 0 saturated carbocycles. The maximum Gasteiger partial charge on any atom is 0.263 e. The molecule has 3 aliphatic rings. The molecule has 0 bridgehead atoms. The van der Waals surface area contributed by atoms with Gasteiger partial charge in [-0.3, -0.25) is 28.5 Å². The van der Waals surface area contributed by atoms with Crippen molar-refractivity contribution in [1.29, 1.82) is 0 Å². The van der Waals surface area contributed by atoms with Crippen molar-refractivity contribution >= 4 is 170 Å². The molecular weight excluding hydrogens is 1510 g/mol. The molecule has 554 valence electrons. The number of piperazine rings is 2. The van der Waals surface area contributed by atoms with Crippen molar-refractivity contribution in [2.75, 3.05) is 94.3 Å². The largest absolute Gasteiger partial charge is 0.371 e. The number of rotatable bonds is 19. The molecule has 0 aliphatic carbocycles. The number of amides is 3. The van der Waals surface area contributed by atoms with Crippen molar-refractivity contribution in [2.24, 2.45) is 0 Å². The number of piperidine rings is 1. The third-order valence-corrected chi connectivity index (χ3v) is 25.2. The number of hydrogen-bond donors (Lipinski definition) is 4. The monoisotopic (exact) mass is 1580 g/mol. The summed E-state index contributed by atoms with van der Waals surface area (Å²) in [6.45, 7) is 10.1. The number of hydrogen-bond acceptors (Lipinski definition) is 20. The fraction of sp³-hybridized carbons (Fsp3) is 0.257. The SMILES string of the molecule is C[C@@H](C(=O)N1CCN(c2ccc(S(=O)(=O)Nc3nncs3)cc2)CC1)n1ccc2c(F)cccc21.C[C@H](C(=O)N1CCN(c2cccc(S(=O)(=O)Nc3nccs3)c2)CC1)n1ccc2ccc(Cl)cc21.O=C(Cn1ccc2ccc(Cl)cc21)NC1CCN(c2ccc(S(=O)(=O)Nc3ncns3)cc2)CC1.[HH].[HH].[HH].[HH]. The molecule has 4 N–H and O–H groups in total. The van der Waals surface area contributed by atoms with E-state index in [-0.39, 0.29) is 72.8 Å². The van der Waals surface area contributed by atoms with Crippen LogP contribution in [0.25, 0.3) is 32.7 Å². The summed E-state index contributed by atoms with van der Waals surface area (Å²) in [5.41, 5.74) is 6.64. The van der Waals surface area contributed by atoms with E-state index in [2.05, 4.69) is 58.7 Å². The summed E-state index contributed by atoms with van der Waals surface area (Å²) >= 11 is 15.6. The van der Waals surface area contributed by atoms with E-state index < -0.39 is 36.1 Å². The highest BCUT2D eigenvalue weighted by molar-refractivity contribution is 7.93. The number of halogens is 3. The lowest BCUT2D eigenvalue weighted by atomic mass is 10.0. The molecule has 6 aromatic carbocycles. The van der Waals surface area contributed by atoms with Gasteiger partial charge in [0.2, 0.25) is 28.0 Å². The Hall–Kier alpha value is -9.74. The van der Waals surface area contributed by atoms with Gasteiger partial charge in [0, 0.05) is 157 Å². The number of nitrogens with zero attached hydrogens (tertiary/aromatic N) is 13. The Morgan fingerprint density at radius 3 is 1.69 bits per heavy atom. The maximum absolute atomic E-state index is 14.0. The Morgan fingerprint density at radius 1 is 0.552 bits per heavy atom. The summed E-state index contributed by atoms with van der Waals surface area (Å²) < 4.78 is 106. The summed E-state index contributed by atoms with van der Waals surface area (Å²) in [4.78, 5) is 57.5. The highest BCUT2D eigenvalue weighted by Gasteiger charge is 2.31. The smallest absolute Gasteiger partial charge is 0.263 e. The number of anilines is 6. The van der Waals surface area contributed by atoms with E-state index in [0.717, 1.165) is 87.7 Å². The summed E-state index contributed by atoms with van der Waals surface area (Å²) in [7, 11) is -11.2. The van der Waals surface area contributed by atoms with Crippen LogP contribution < -0.4 is 34.2 Å². The van der Waals surface area contributed by atoms with Crippen LogP contribution in [0, 0.1) is 5.82 Å². The van der Waals surface area contributed by atoms with E-state index in [4.69, 9.17) is 23.2 Å². The Labute approximate surface area is 632 Å². The number of carbonyl (C=O) groups excluding carboxylic acids is 3. The van der Waals surface area contributed by atoms with Gasteiger partial charge in [0.05, 0.1) is 25.7 Å². The van der Waals surface area contributed by atoms with E-state index in [1.165, 1.54) is 29.2 Å². The van der Waals surface area contributed by atoms with Crippen LogP contribution in [0.4, 0.5) is 36.8 Å². The van der Waals surface area contributed by atoms with Crippen molar-refractivity contribution in [1.82, 2.24) is 53.4 Å². The van der Waals surface area contributed by atoms with Gasteiger partial charge < -0.3 is 43.5 Å². The fourth-order valence-corrected chi connectivity index (χ4v) is 18.4. The maximum atomic E-state index is 14.0. The molecule has 105 heavy (non-hydrogen) atoms. The highest BCUT2D eigenvalue weighted by Crippen LogP contribution is 2.31. The van der Waals surface area contributed by atoms with Gasteiger partial charge in [-0.2, -0.15) is 4.37 Å². The lowest BCUT2D eigenvalue weighted by molar-refractivity contribution is -0.135. The quantitative estimate of drug-likeness (QED) is 0.0585. The minimum absolute atomic E-state index is 0. The first-order chi connectivity index (χ1) is 50.5. The summed E-state index contributed by atoms with van der Waals surface area (Å²) in [5.74, 6) is -0.301. The van der Waals surface area contributed by atoms with Crippen molar-refractivity contribution in [3.8, 4) is 0 Å². The van der Waals surface area contributed by atoms with Gasteiger partial charge in [0.25, 0.3) is 30.1 Å². The van der Waals surface area contributed by atoms with Crippen LogP contribution in [-0.2, 0) is 51.0 Å². The first-order valence-corrected chi connectivity index (χ1v) is 40.9. The highest BCUT2D eigenvalue weighted by atomic mass is 35.5. The average molecular weight is 1580 g/mol. The number of benzene rings is 6. The summed E-state index contributed by atoms with van der Waals surface area (Å²) in [5, 5.41) is 16.8. The summed E-state index contributed by atoms with van der Waals surface area (Å²) in [6.07, 6.45) is 10.0. The molecule has 3 saturated heterocycles. The lowest BCUT2D eigenvalue weighted by Gasteiger charge is -2.37. The predicted octanol–water partition coefficient (Wildman–Crippen LogP) is 12.5. The lowest BCUT2D eigenvalue weighted by Crippen LogP contribution is -2.50. The molecule has 12 aromatic rings. The van der Waals surface area contributed by atoms with Crippen LogP contribution in [0.2, 0.25) is 10.0 Å². The normalized spacial score (nSPS) is 15.2. The van der Waals surface area contributed by atoms with Gasteiger partial charge in [0.15, 0.2) is 5.13 Å². The van der Waals surface area contributed by atoms with Gasteiger partial charge in [-0.25, -0.2) is 39.6 Å². The molecule has 15 rings (SSSR count). The molecular formula is C70H78Cl2FN17O9S6. The van der Waals surface area contributed by atoms with Crippen molar-refractivity contribution in [3.63, 3.8) is 0 Å². The standard InChI is InChI=1S/C24H24ClN5O3S2.C23H23ClN6O3S2.C23H23FN6O3S2.4H2/c1-17(30-9-7-18-5-6-19(25)15-22(18)30)23(31)29-12-10-28(11-13-29)20-3-2-4-21(16-20)35(32,33)27-24-26-8-14-34-24;24-17-2-1-16-7-10-30(21(16)13-17)14-22(31)27-18-8-11-29(12-9-18)19-3-5-20(6-4-19)35(32,33)28-23-25-15-26-34-23;1-16(30-10-9-19-20(24)3-2-4-21(19)30)22(31)29-13-11-28(12-14-29)17-5-7-18(8-6-17)35(32,33)27-23-26-25-15-34-23;;;;/h2-9,14-17H,10-13H2,1H3,(H,26,27);1-7,10,13,15,18H,8-9,11-12,14H2,(H,27,31)(H,25,26,28);2-10,15-16H,11-14H2,1H3,(H,26,27);4*1H/t17-;;16-;;;;/m1.0..../s1. The van der Waals surface area contributed by atoms with Crippen LogP contribution in [0.3, 0.4) is 0 Å². The van der Waals surface area contributed by atoms with Crippen LogP contribution >= 0.6 is 57.4 Å². The van der Waals surface area contributed by atoms with Gasteiger partial charge in [-0.05, 0) is 159 Å². The Bertz CT molecular complexity index is 5430. The van der Waals surface area contributed by atoms with E-state index in [1.54, 1.807) is 96.6 Å². The van der Waals surface area contributed by atoms with Crippen LogP contribution in [0.1, 0.15) is 44.5 Å². The van der Waals surface area contributed by atoms with E-state index in [0.29, 0.717) is 78.4 Å². The van der Waals surface area contributed by atoms with Crippen LogP contribution in [0.5, 0.6) is 0 Å². The van der Waals surface area contributed by atoms with Crippen molar-refractivity contribution < 1.29 is 49.7 Å². The molecule has 3 aliphatic heterocycles. The van der Waals surface area contributed by atoms with Gasteiger partial charge in [-0.1, -0.05) is 58.8 Å². The molecule has 35 heteroatoms. The second-order valence-corrected chi connectivity index (χ2v) is 33.3. The van der Waals surface area contributed by atoms with Crippen molar-refractivity contribution in [3.05, 3.63) is 203 Å². The van der Waals surface area contributed by atoms with Crippen molar-refractivity contribution in [2.45, 2.75) is 66.0 Å². The Kier molecular flexibility index (Phi) is 22.4. The Morgan fingerprint density at radius 2 is 1.10 bits per heavy atom. The van der Waals surface area contributed by atoms with E-state index in [9.17, 15) is 44.0 Å². The zero-order valence-electron chi connectivity index (χ0n) is 56.4. The summed E-state index contributed by atoms with van der Waals surface area (Å²) in [6, 6.07) is 41.4. The molecule has 0 radical (unpaired) electrons. The molecule has 0 spiro atoms. The minimum Gasteiger partial charge on any atom is -0.371 e. The first-order valence-electron chi connectivity index (χ1n) is 33.2. The van der Waals surface area contributed by atoms with Gasteiger partial charge >= 0.3 is 0 Å². The molecule has 2 atom stereocenters. The molecule has 26 nitrogen and oxygen atoms in total. The average Bonchev–Trinajstić information content (AvgIpc) is 1.60. The third kappa shape index (κ3) is 17.3. The van der Waals surface area contributed by atoms with Crippen LogP contribution in [-0.4, -0.2) is 163 Å². The third-order valence-electron chi connectivity index (χ3n) is 18.4. The number of carbonyl (C=O) groups is 3. The van der Waals surface area contributed by atoms with Gasteiger partial charge in [-0.15, -0.1) is 21.5 Å². The molecule has 0 unspecified atom stereocenters. The number of sulfonamides is 3. The second kappa shape index (κ2) is 31.9. The van der Waals surface area contributed by atoms with E-state index >= 15 is 0 Å². The van der Waals surface area contributed by atoms with Crippen LogP contribution in [0.15, 0.2) is 202 Å². The minimum atomic E-state index is -3.74. The van der Waals surface area contributed by atoms with E-state index in [1.807, 2.05) is 110 Å². The molecule has 6 aromatic heterocycles. The molecule has 3 fully saturated rings. The number of aromatic nitrogens is 8. The zero-order valence-corrected chi connectivity index (χ0v) is 62.8. The Balaban J connectivity index is 0.000000185. The number of nitrogens with one attached hydrogen (secondary N) is 4. The fourth-order valence-electron chi connectivity index (χ4n) is 12.8. The number of thiazole rings is 1. The molecule has 9 heterocycles. The second-order valence-electron chi connectivity index (χ2n) is 24.9. The van der Waals surface area contributed by atoms with Gasteiger partial charge in [0.1, 0.15) is 36.3 Å². The topological polar surface area (TPSA) is 297 Å². The zero-order chi connectivity index (χ0) is 73.6. The number of fused-ring (bicyclic) bond motifs is 3. The molecule has 3 amide bonds. The predicted molar refractivity (Wildman–Crippen MR) is 418 cm³/mol.